The van der Waals surface area contributed by atoms with Crippen molar-refractivity contribution in [1.82, 2.24) is 19.9 Å². The van der Waals surface area contributed by atoms with Crippen molar-refractivity contribution in [2.24, 2.45) is 0 Å². The summed E-state index contributed by atoms with van der Waals surface area (Å²) in [6.07, 6.45) is 3.56. The third-order valence-electron chi connectivity index (χ3n) is 3.76. The fraction of sp³-hybridized carbons (Fsp3) is 0.0556. The largest absolute Gasteiger partial charge is 0.345 e. The summed E-state index contributed by atoms with van der Waals surface area (Å²) in [4.78, 5) is 26.9. The molecule has 5 heteroatoms. The number of nitrogens with zero attached hydrogens (tertiary/aromatic N) is 2. The van der Waals surface area contributed by atoms with Gasteiger partial charge in [0.15, 0.2) is 0 Å². The van der Waals surface area contributed by atoms with Crippen molar-refractivity contribution in [3.05, 3.63) is 70.8 Å². The lowest BCUT2D eigenvalue weighted by Gasteiger charge is -2.05. The molecule has 1 aromatic carbocycles. The molecule has 0 bridgehead atoms. The number of nitrogens with one attached hydrogen (secondary N) is 2. The molecular formula is C18H14N4O. The molecule has 5 nitrogen and oxygen atoms in total. The minimum absolute atomic E-state index is 0.176. The van der Waals surface area contributed by atoms with Crippen LogP contribution in [0.3, 0.4) is 0 Å². The Bertz CT molecular complexity index is 1060. The predicted octanol–water partition coefficient (Wildman–Crippen LogP) is 3.29. The molecule has 0 aliphatic carbocycles. The lowest BCUT2D eigenvalue weighted by atomic mass is 10.1. The number of hydrogen-bond donors (Lipinski definition) is 2. The van der Waals surface area contributed by atoms with E-state index in [9.17, 15) is 4.79 Å². The van der Waals surface area contributed by atoms with Gasteiger partial charge in [0.05, 0.1) is 5.69 Å². The molecular weight excluding hydrogens is 288 g/mol. The van der Waals surface area contributed by atoms with E-state index in [1.54, 1.807) is 6.20 Å². The first-order valence-corrected chi connectivity index (χ1v) is 7.31. The normalized spacial score (nSPS) is 11.0. The van der Waals surface area contributed by atoms with Crippen molar-refractivity contribution in [2.75, 3.05) is 0 Å². The van der Waals surface area contributed by atoms with E-state index in [0.717, 1.165) is 27.7 Å². The molecule has 0 fully saturated rings. The van der Waals surface area contributed by atoms with Gasteiger partial charge < -0.3 is 9.97 Å². The van der Waals surface area contributed by atoms with Crippen molar-refractivity contribution in [3.8, 4) is 22.6 Å². The Morgan fingerprint density at radius 1 is 1.09 bits per heavy atom. The molecule has 0 saturated heterocycles. The maximum atomic E-state index is 12.1. The third-order valence-corrected chi connectivity index (χ3v) is 3.76. The smallest absolute Gasteiger partial charge is 0.251 e. The van der Waals surface area contributed by atoms with Crippen LogP contribution in [0.25, 0.3) is 33.7 Å². The van der Waals surface area contributed by atoms with Gasteiger partial charge in [-0.1, -0.05) is 23.8 Å². The Morgan fingerprint density at radius 2 is 2.00 bits per heavy atom. The molecule has 0 radical (unpaired) electrons. The van der Waals surface area contributed by atoms with Crippen LogP contribution in [0.15, 0.2) is 59.7 Å². The lowest BCUT2D eigenvalue weighted by Crippen LogP contribution is -2.08. The van der Waals surface area contributed by atoms with Crippen LogP contribution >= 0.6 is 0 Å². The highest BCUT2D eigenvalue weighted by atomic mass is 16.1. The van der Waals surface area contributed by atoms with Gasteiger partial charge in [-0.15, -0.1) is 0 Å². The molecule has 0 atom stereocenters. The number of benzene rings is 1. The highest BCUT2D eigenvalue weighted by Gasteiger charge is 2.11. The summed E-state index contributed by atoms with van der Waals surface area (Å²) in [5.41, 5.74) is 4.11. The minimum Gasteiger partial charge on any atom is -0.345 e. The van der Waals surface area contributed by atoms with E-state index in [2.05, 4.69) is 19.9 Å². The van der Waals surface area contributed by atoms with Gasteiger partial charge in [-0.3, -0.25) is 4.79 Å². The minimum atomic E-state index is -0.176. The fourth-order valence-corrected chi connectivity index (χ4v) is 2.69. The fourth-order valence-electron chi connectivity index (χ4n) is 2.69. The standard InChI is InChI=1S/C18H14N4O/c1-11-4-2-5-12(8-11)17-21-15(9-16(23)22-17)14-10-20-18-13(14)6-3-7-19-18/h2-10H,1H3,(H,19,20)(H,21,22,23). The second-order valence-electron chi connectivity index (χ2n) is 5.45. The Balaban J connectivity index is 1.92. The van der Waals surface area contributed by atoms with Crippen LogP contribution in [0.5, 0.6) is 0 Å². The van der Waals surface area contributed by atoms with E-state index in [-0.39, 0.29) is 5.56 Å². The van der Waals surface area contributed by atoms with Crippen LogP contribution in [0.1, 0.15) is 5.56 Å². The average Bonchev–Trinajstić information content (AvgIpc) is 2.98. The van der Waals surface area contributed by atoms with Crippen LogP contribution in [-0.2, 0) is 0 Å². The third kappa shape index (κ3) is 2.42. The summed E-state index contributed by atoms with van der Waals surface area (Å²) in [5, 5.41) is 0.945. The second-order valence-corrected chi connectivity index (χ2v) is 5.45. The maximum absolute atomic E-state index is 12.1. The second kappa shape index (κ2) is 5.21. The zero-order chi connectivity index (χ0) is 15.8. The molecule has 2 N–H and O–H groups in total. The number of pyridine rings is 1. The quantitative estimate of drug-likeness (QED) is 0.596. The monoisotopic (exact) mass is 302 g/mol. The molecule has 4 rings (SSSR count). The SMILES string of the molecule is Cc1cccc(-c2nc(-c3c[nH]c4ncccc34)cc(=O)[nH]2)c1. The topological polar surface area (TPSA) is 74.4 Å². The van der Waals surface area contributed by atoms with E-state index in [4.69, 9.17) is 0 Å². The number of fused-ring (bicyclic) bond motifs is 1. The molecule has 0 unspecified atom stereocenters. The molecule has 0 amide bonds. The van der Waals surface area contributed by atoms with E-state index < -0.39 is 0 Å². The average molecular weight is 302 g/mol. The van der Waals surface area contributed by atoms with E-state index in [1.807, 2.05) is 49.5 Å². The molecule has 3 aromatic heterocycles. The maximum Gasteiger partial charge on any atom is 0.251 e. The summed E-state index contributed by atoms with van der Waals surface area (Å²) in [5.74, 6) is 0.564. The highest BCUT2D eigenvalue weighted by molar-refractivity contribution is 5.92. The summed E-state index contributed by atoms with van der Waals surface area (Å²) < 4.78 is 0. The number of rotatable bonds is 2. The zero-order valence-electron chi connectivity index (χ0n) is 12.5. The molecule has 0 saturated carbocycles. The van der Waals surface area contributed by atoms with Crippen molar-refractivity contribution >= 4 is 11.0 Å². The molecule has 0 aliphatic rings. The molecule has 0 aliphatic heterocycles. The van der Waals surface area contributed by atoms with Crippen LogP contribution < -0.4 is 5.56 Å². The van der Waals surface area contributed by atoms with E-state index >= 15 is 0 Å². The molecule has 112 valence electrons. The van der Waals surface area contributed by atoms with Crippen molar-refractivity contribution < 1.29 is 0 Å². The first-order valence-electron chi connectivity index (χ1n) is 7.31. The van der Waals surface area contributed by atoms with Gasteiger partial charge in [0.25, 0.3) is 5.56 Å². The summed E-state index contributed by atoms with van der Waals surface area (Å²) in [6.45, 7) is 2.01. The van der Waals surface area contributed by atoms with Crippen LogP contribution in [0, 0.1) is 6.92 Å². The Hall–Kier alpha value is -3.21. The molecule has 4 aromatic rings. The first kappa shape index (κ1) is 13.5. The zero-order valence-corrected chi connectivity index (χ0v) is 12.5. The number of hydrogen-bond acceptors (Lipinski definition) is 3. The predicted molar refractivity (Wildman–Crippen MR) is 90.1 cm³/mol. The number of aryl methyl sites for hydroxylation is 1. The highest BCUT2D eigenvalue weighted by Crippen LogP contribution is 2.26. The molecule has 23 heavy (non-hydrogen) atoms. The Morgan fingerprint density at radius 3 is 2.87 bits per heavy atom. The van der Waals surface area contributed by atoms with Gasteiger partial charge in [0.2, 0.25) is 0 Å². The van der Waals surface area contributed by atoms with E-state index in [0.29, 0.717) is 11.5 Å². The van der Waals surface area contributed by atoms with Gasteiger partial charge >= 0.3 is 0 Å². The molecule has 3 heterocycles. The van der Waals surface area contributed by atoms with Crippen LogP contribution in [0.2, 0.25) is 0 Å². The lowest BCUT2D eigenvalue weighted by molar-refractivity contribution is 1.13. The van der Waals surface area contributed by atoms with Gasteiger partial charge in [0, 0.05) is 35.0 Å². The van der Waals surface area contributed by atoms with Gasteiger partial charge in [-0.2, -0.15) is 0 Å². The van der Waals surface area contributed by atoms with Crippen molar-refractivity contribution in [3.63, 3.8) is 0 Å². The molecule has 0 spiro atoms. The van der Waals surface area contributed by atoms with Crippen molar-refractivity contribution in [2.45, 2.75) is 6.92 Å². The van der Waals surface area contributed by atoms with E-state index in [1.165, 1.54) is 6.07 Å². The van der Waals surface area contributed by atoms with Gasteiger partial charge in [-0.05, 0) is 25.1 Å². The Labute approximate surface area is 132 Å². The summed E-state index contributed by atoms with van der Waals surface area (Å²) >= 11 is 0. The Kier molecular flexibility index (Phi) is 3.05. The summed E-state index contributed by atoms with van der Waals surface area (Å²) in [6, 6.07) is 13.2. The number of aromatic nitrogens is 4. The first-order chi connectivity index (χ1) is 11.2. The van der Waals surface area contributed by atoms with Crippen LogP contribution in [-0.4, -0.2) is 19.9 Å². The number of H-pyrrole nitrogens is 2. The van der Waals surface area contributed by atoms with Crippen LogP contribution in [0.4, 0.5) is 0 Å². The summed E-state index contributed by atoms with van der Waals surface area (Å²) in [7, 11) is 0. The number of aromatic amines is 2. The van der Waals surface area contributed by atoms with Gasteiger partial charge in [0.1, 0.15) is 11.5 Å². The van der Waals surface area contributed by atoms with Crippen molar-refractivity contribution in [1.29, 1.82) is 0 Å². The van der Waals surface area contributed by atoms with Gasteiger partial charge in [-0.25, -0.2) is 9.97 Å².